The fourth-order valence-electron chi connectivity index (χ4n) is 2.54. The third kappa shape index (κ3) is 3.69. The molecule has 1 saturated heterocycles. The fourth-order valence-corrected chi connectivity index (χ4v) is 3.70. The first-order valence-electron chi connectivity index (χ1n) is 7.29. The van der Waals surface area contributed by atoms with E-state index in [1.54, 1.807) is 18.4 Å². The quantitative estimate of drug-likeness (QED) is 0.863. The fraction of sp³-hybridized carbons (Fsp3) is 0.786. The number of methoxy groups -OCH3 is 1. The minimum atomic E-state index is 0.516. The van der Waals surface area contributed by atoms with Crippen LogP contribution in [0.1, 0.15) is 24.4 Å². The summed E-state index contributed by atoms with van der Waals surface area (Å²) in [5, 5.41) is 4.53. The van der Waals surface area contributed by atoms with Gasteiger partial charge >= 0.3 is 0 Å². The number of nitrogens with zero attached hydrogens (tertiary/aromatic N) is 3. The highest BCUT2D eigenvalue weighted by Crippen LogP contribution is 2.29. The molecule has 1 aliphatic rings. The Morgan fingerprint density at radius 1 is 1.45 bits per heavy atom. The van der Waals surface area contributed by atoms with Crippen molar-refractivity contribution in [2.24, 2.45) is 0 Å². The largest absolute Gasteiger partial charge is 0.378 e. The van der Waals surface area contributed by atoms with Gasteiger partial charge in [-0.15, -0.1) is 11.3 Å². The van der Waals surface area contributed by atoms with Gasteiger partial charge in [0.25, 0.3) is 0 Å². The number of hydrogen-bond acceptors (Lipinski definition) is 6. The van der Waals surface area contributed by atoms with Crippen LogP contribution in [0.3, 0.4) is 0 Å². The Hall–Kier alpha value is -0.690. The number of likely N-dealkylation sites (N-methyl/N-ethyl adjacent to an activating group) is 1. The Balaban J connectivity index is 2.14. The van der Waals surface area contributed by atoms with Crippen molar-refractivity contribution in [3.8, 4) is 0 Å². The monoisotopic (exact) mass is 298 g/mol. The van der Waals surface area contributed by atoms with Crippen molar-refractivity contribution in [1.29, 1.82) is 0 Å². The van der Waals surface area contributed by atoms with Gasteiger partial charge in [0.2, 0.25) is 0 Å². The van der Waals surface area contributed by atoms with E-state index in [1.165, 1.54) is 4.88 Å². The summed E-state index contributed by atoms with van der Waals surface area (Å²) < 4.78 is 5.28. The third-order valence-electron chi connectivity index (χ3n) is 3.66. The van der Waals surface area contributed by atoms with Crippen LogP contribution < -0.4 is 10.2 Å². The molecule has 1 aliphatic heterocycles. The number of rotatable bonds is 6. The standard InChI is InChI=1S/C14H26N4OS/c1-5-15-8-13-12(10-19-4)16-14(20-13)18-7-6-17(3)9-11(18)2/h11,15H,5-10H2,1-4H3. The van der Waals surface area contributed by atoms with E-state index in [0.29, 0.717) is 12.6 Å². The van der Waals surface area contributed by atoms with Crippen molar-refractivity contribution in [2.75, 3.05) is 45.2 Å². The van der Waals surface area contributed by atoms with Crippen LogP contribution in [0.4, 0.5) is 5.13 Å². The minimum Gasteiger partial charge on any atom is -0.378 e. The van der Waals surface area contributed by atoms with Crippen LogP contribution in [0.5, 0.6) is 0 Å². The predicted molar refractivity (Wildman–Crippen MR) is 84.5 cm³/mol. The second-order valence-electron chi connectivity index (χ2n) is 5.38. The summed E-state index contributed by atoms with van der Waals surface area (Å²) in [6.45, 7) is 10.1. The molecule has 0 spiro atoms. The normalized spacial score (nSPS) is 20.6. The van der Waals surface area contributed by atoms with Gasteiger partial charge in [-0.05, 0) is 20.5 Å². The zero-order valence-electron chi connectivity index (χ0n) is 13.0. The van der Waals surface area contributed by atoms with Crippen LogP contribution in [0.25, 0.3) is 0 Å². The van der Waals surface area contributed by atoms with Gasteiger partial charge in [0.05, 0.1) is 12.3 Å². The lowest BCUT2D eigenvalue weighted by molar-refractivity contribution is 0.181. The Morgan fingerprint density at radius 2 is 2.25 bits per heavy atom. The topological polar surface area (TPSA) is 40.6 Å². The molecule has 0 bridgehead atoms. The minimum absolute atomic E-state index is 0.516. The lowest BCUT2D eigenvalue weighted by atomic mass is 10.2. The summed E-state index contributed by atoms with van der Waals surface area (Å²) >= 11 is 1.80. The van der Waals surface area contributed by atoms with Gasteiger partial charge in [0.15, 0.2) is 5.13 Å². The zero-order valence-corrected chi connectivity index (χ0v) is 13.8. The molecule has 20 heavy (non-hydrogen) atoms. The van der Waals surface area contributed by atoms with Crippen LogP contribution in [0, 0.1) is 0 Å². The van der Waals surface area contributed by atoms with E-state index in [4.69, 9.17) is 9.72 Å². The molecular formula is C14H26N4OS. The van der Waals surface area contributed by atoms with Crippen LogP contribution in [-0.2, 0) is 17.9 Å². The number of aromatic nitrogens is 1. The Morgan fingerprint density at radius 3 is 2.90 bits per heavy atom. The first kappa shape index (κ1) is 15.7. The second-order valence-corrected chi connectivity index (χ2v) is 6.45. The van der Waals surface area contributed by atoms with Crippen molar-refractivity contribution in [2.45, 2.75) is 33.0 Å². The third-order valence-corrected chi connectivity index (χ3v) is 4.79. The van der Waals surface area contributed by atoms with E-state index >= 15 is 0 Å². The van der Waals surface area contributed by atoms with Crippen LogP contribution in [-0.4, -0.2) is 56.3 Å². The highest BCUT2D eigenvalue weighted by molar-refractivity contribution is 7.15. The van der Waals surface area contributed by atoms with E-state index in [9.17, 15) is 0 Å². The van der Waals surface area contributed by atoms with Crippen LogP contribution in [0.15, 0.2) is 0 Å². The van der Waals surface area contributed by atoms with Crippen LogP contribution >= 0.6 is 11.3 Å². The molecule has 1 N–H and O–H groups in total. The van der Waals surface area contributed by atoms with E-state index in [1.807, 2.05) is 0 Å². The number of hydrogen-bond donors (Lipinski definition) is 1. The van der Waals surface area contributed by atoms with Crippen molar-refractivity contribution in [3.63, 3.8) is 0 Å². The molecule has 2 heterocycles. The van der Waals surface area contributed by atoms with E-state index in [2.05, 4.69) is 36.0 Å². The smallest absolute Gasteiger partial charge is 0.186 e. The summed E-state index contributed by atoms with van der Waals surface area (Å²) in [5.74, 6) is 0. The molecule has 1 atom stereocenters. The molecule has 0 saturated carbocycles. The lowest BCUT2D eigenvalue weighted by Gasteiger charge is -2.38. The molecule has 2 rings (SSSR count). The molecule has 1 aromatic heterocycles. The predicted octanol–water partition coefficient (Wildman–Crippen LogP) is 1.54. The number of piperazine rings is 1. The number of thiazole rings is 1. The van der Waals surface area contributed by atoms with Gasteiger partial charge in [0.1, 0.15) is 0 Å². The maximum atomic E-state index is 5.28. The lowest BCUT2D eigenvalue weighted by Crippen LogP contribution is -2.50. The maximum Gasteiger partial charge on any atom is 0.186 e. The summed E-state index contributed by atoms with van der Waals surface area (Å²) in [6.07, 6.45) is 0. The average Bonchev–Trinajstić information content (AvgIpc) is 2.80. The average molecular weight is 298 g/mol. The van der Waals surface area contributed by atoms with Crippen molar-refractivity contribution in [1.82, 2.24) is 15.2 Å². The van der Waals surface area contributed by atoms with Gasteiger partial charge in [-0.1, -0.05) is 6.92 Å². The molecule has 1 unspecified atom stereocenters. The van der Waals surface area contributed by atoms with Crippen molar-refractivity contribution in [3.05, 3.63) is 10.6 Å². The first-order valence-corrected chi connectivity index (χ1v) is 8.10. The SMILES string of the molecule is CCNCc1sc(N2CCN(C)CC2C)nc1COC. The van der Waals surface area contributed by atoms with Gasteiger partial charge in [0, 0.05) is 44.2 Å². The second kappa shape index (κ2) is 7.36. The molecule has 5 nitrogen and oxygen atoms in total. The molecule has 0 radical (unpaired) electrons. The van der Waals surface area contributed by atoms with Gasteiger partial charge in [-0.2, -0.15) is 0 Å². The van der Waals surface area contributed by atoms with Gasteiger partial charge in [-0.3, -0.25) is 0 Å². The molecular weight excluding hydrogens is 272 g/mol. The molecule has 6 heteroatoms. The Bertz CT molecular complexity index is 423. The van der Waals surface area contributed by atoms with E-state index in [0.717, 1.165) is 43.5 Å². The Labute approximate surface area is 125 Å². The summed E-state index contributed by atoms with van der Waals surface area (Å²) in [5.41, 5.74) is 1.08. The van der Waals surface area contributed by atoms with Crippen molar-refractivity contribution >= 4 is 16.5 Å². The van der Waals surface area contributed by atoms with Gasteiger partial charge < -0.3 is 19.9 Å². The summed E-state index contributed by atoms with van der Waals surface area (Å²) in [7, 11) is 3.91. The van der Waals surface area contributed by atoms with Crippen LogP contribution in [0.2, 0.25) is 0 Å². The zero-order chi connectivity index (χ0) is 14.5. The summed E-state index contributed by atoms with van der Waals surface area (Å²) in [4.78, 5) is 10.9. The molecule has 1 fully saturated rings. The first-order chi connectivity index (χ1) is 9.65. The number of ether oxygens (including phenoxy) is 1. The number of anilines is 1. The maximum absolute atomic E-state index is 5.28. The molecule has 0 aromatic carbocycles. The highest BCUT2D eigenvalue weighted by atomic mass is 32.1. The molecule has 1 aromatic rings. The summed E-state index contributed by atoms with van der Waals surface area (Å²) in [6, 6.07) is 0.516. The molecule has 114 valence electrons. The van der Waals surface area contributed by atoms with Gasteiger partial charge in [-0.25, -0.2) is 4.98 Å². The van der Waals surface area contributed by atoms with Crippen molar-refractivity contribution < 1.29 is 4.74 Å². The molecule has 0 amide bonds. The van der Waals surface area contributed by atoms with E-state index < -0.39 is 0 Å². The Kier molecular flexibility index (Phi) is 5.77. The molecule has 0 aliphatic carbocycles. The van der Waals surface area contributed by atoms with E-state index in [-0.39, 0.29) is 0 Å². The highest BCUT2D eigenvalue weighted by Gasteiger charge is 2.25. The number of nitrogens with one attached hydrogen (secondary N) is 1.